The highest BCUT2D eigenvalue weighted by atomic mass is 16.3. The molecular weight excluding hydrogens is 218 g/mol. The van der Waals surface area contributed by atoms with Gasteiger partial charge in [0, 0.05) is 13.1 Å². The summed E-state index contributed by atoms with van der Waals surface area (Å²) in [6.45, 7) is 4.57. The average Bonchev–Trinajstić information content (AvgIpc) is 2.69. The van der Waals surface area contributed by atoms with E-state index in [0.29, 0.717) is 30.6 Å². The number of benzene rings is 1. The van der Waals surface area contributed by atoms with E-state index in [-0.39, 0.29) is 11.7 Å². The minimum absolute atomic E-state index is 0.0435. The number of rotatable bonds is 1. The maximum absolute atomic E-state index is 12.2. The molecule has 1 heterocycles. The predicted octanol–water partition coefficient (Wildman–Crippen LogP) is 1.22. The summed E-state index contributed by atoms with van der Waals surface area (Å²) in [5.41, 5.74) is 1.98. The smallest absolute Gasteiger partial charge is 0.257 e. The number of phenols is 1. The second-order valence-electron chi connectivity index (χ2n) is 4.67. The molecule has 1 aromatic rings. The summed E-state index contributed by atoms with van der Waals surface area (Å²) >= 11 is 0. The maximum atomic E-state index is 12.2. The zero-order valence-electron chi connectivity index (χ0n) is 10.1. The average molecular weight is 235 g/mol. The van der Waals surface area contributed by atoms with Crippen molar-refractivity contribution in [2.75, 3.05) is 13.1 Å². The quantitative estimate of drug-likeness (QED) is 0.769. The molecule has 1 aliphatic heterocycles. The molecule has 2 rings (SSSR count). The number of carbonyl (C=O) groups is 1. The molecule has 0 unspecified atom stereocenters. The van der Waals surface area contributed by atoms with Crippen molar-refractivity contribution < 1.29 is 15.0 Å². The van der Waals surface area contributed by atoms with Crippen LogP contribution >= 0.6 is 0 Å². The molecule has 1 aromatic carbocycles. The lowest BCUT2D eigenvalue weighted by Crippen LogP contribution is -2.29. The van der Waals surface area contributed by atoms with Crippen LogP contribution in [0.3, 0.4) is 0 Å². The molecular formula is C13H17NO3. The van der Waals surface area contributed by atoms with E-state index in [0.717, 1.165) is 5.56 Å². The highest BCUT2D eigenvalue weighted by molar-refractivity contribution is 5.97. The molecule has 92 valence electrons. The summed E-state index contributed by atoms with van der Waals surface area (Å²) < 4.78 is 0. The van der Waals surface area contributed by atoms with E-state index in [1.165, 1.54) is 0 Å². The molecule has 4 heteroatoms. The first kappa shape index (κ1) is 11.9. The van der Waals surface area contributed by atoms with Crippen LogP contribution in [0.4, 0.5) is 0 Å². The number of carbonyl (C=O) groups excluding carboxylic acids is 1. The third-order valence-electron chi connectivity index (χ3n) is 3.13. The van der Waals surface area contributed by atoms with Crippen molar-refractivity contribution in [1.29, 1.82) is 0 Å². The van der Waals surface area contributed by atoms with Crippen LogP contribution in [-0.4, -0.2) is 40.2 Å². The lowest BCUT2D eigenvalue weighted by molar-refractivity contribution is 0.0761. The van der Waals surface area contributed by atoms with E-state index in [1.807, 2.05) is 13.0 Å². The third-order valence-corrected chi connectivity index (χ3v) is 3.13. The lowest BCUT2D eigenvalue weighted by Gasteiger charge is -2.17. The summed E-state index contributed by atoms with van der Waals surface area (Å²) in [4.78, 5) is 13.8. The van der Waals surface area contributed by atoms with Crippen LogP contribution in [0.15, 0.2) is 12.1 Å². The second-order valence-corrected chi connectivity index (χ2v) is 4.67. The molecule has 4 nitrogen and oxygen atoms in total. The first-order valence-corrected chi connectivity index (χ1v) is 5.76. The number of hydrogen-bond acceptors (Lipinski definition) is 3. The van der Waals surface area contributed by atoms with E-state index < -0.39 is 6.10 Å². The molecule has 17 heavy (non-hydrogen) atoms. The lowest BCUT2D eigenvalue weighted by atomic mass is 10.0. The van der Waals surface area contributed by atoms with E-state index in [9.17, 15) is 15.0 Å². The van der Waals surface area contributed by atoms with Gasteiger partial charge >= 0.3 is 0 Å². The fraction of sp³-hybridized carbons (Fsp3) is 0.462. The van der Waals surface area contributed by atoms with Gasteiger partial charge in [-0.05, 0) is 37.5 Å². The first-order valence-electron chi connectivity index (χ1n) is 5.76. The van der Waals surface area contributed by atoms with Crippen LogP contribution in [0.5, 0.6) is 5.75 Å². The monoisotopic (exact) mass is 235 g/mol. The van der Waals surface area contributed by atoms with Gasteiger partial charge in [0.15, 0.2) is 0 Å². The van der Waals surface area contributed by atoms with Crippen LogP contribution in [-0.2, 0) is 0 Å². The Labute approximate surface area is 100 Å². The molecule has 0 saturated carbocycles. The standard InChI is InChI=1S/C13H17NO3/c1-8-5-9(2)12(16)11(6-8)13(17)14-4-3-10(15)7-14/h5-6,10,15-16H,3-4,7H2,1-2H3/t10-/m1/s1. The molecule has 1 fully saturated rings. The largest absolute Gasteiger partial charge is 0.507 e. The van der Waals surface area contributed by atoms with E-state index in [2.05, 4.69) is 0 Å². The molecule has 1 aliphatic rings. The Hall–Kier alpha value is -1.55. The second kappa shape index (κ2) is 4.37. The Kier molecular flexibility index (Phi) is 3.07. The van der Waals surface area contributed by atoms with Crippen molar-refractivity contribution in [3.05, 3.63) is 28.8 Å². The van der Waals surface area contributed by atoms with Gasteiger partial charge in [0.25, 0.3) is 5.91 Å². The maximum Gasteiger partial charge on any atom is 0.257 e. The van der Waals surface area contributed by atoms with E-state index >= 15 is 0 Å². The number of aliphatic hydroxyl groups is 1. The Bertz CT molecular complexity index is 456. The van der Waals surface area contributed by atoms with Gasteiger partial charge in [-0.2, -0.15) is 0 Å². The van der Waals surface area contributed by atoms with Crippen LogP contribution in [0.25, 0.3) is 0 Å². The molecule has 0 aromatic heterocycles. The fourth-order valence-electron chi connectivity index (χ4n) is 2.22. The van der Waals surface area contributed by atoms with Gasteiger partial charge in [-0.3, -0.25) is 4.79 Å². The van der Waals surface area contributed by atoms with Gasteiger partial charge in [-0.1, -0.05) is 6.07 Å². The number of β-amino-alcohol motifs (C(OH)–C–C–N with tert-alkyl or cyclic N) is 1. The molecule has 0 spiro atoms. The highest BCUT2D eigenvalue weighted by Crippen LogP contribution is 2.26. The molecule has 1 saturated heterocycles. The normalized spacial score (nSPS) is 19.7. The molecule has 0 bridgehead atoms. The third kappa shape index (κ3) is 2.26. The highest BCUT2D eigenvalue weighted by Gasteiger charge is 2.27. The van der Waals surface area contributed by atoms with Crippen LogP contribution in [0.2, 0.25) is 0 Å². The number of hydrogen-bond donors (Lipinski definition) is 2. The number of aryl methyl sites for hydroxylation is 2. The molecule has 0 radical (unpaired) electrons. The van der Waals surface area contributed by atoms with Crippen molar-refractivity contribution >= 4 is 5.91 Å². The Morgan fingerprint density at radius 2 is 2.12 bits per heavy atom. The Morgan fingerprint density at radius 1 is 1.41 bits per heavy atom. The molecule has 2 N–H and O–H groups in total. The summed E-state index contributed by atoms with van der Waals surface area (Å²) in [5.74, 6) is -0.159. The zero-order valence-corrected chi connectivity index (χ0v) is 10.1. The minimum Gasteiger partial charge on any atom is -0.507 e. The van der Waals surface area contributed by atoms with Gasteiger partial charge in [-0.15, -0.1) is 0 Å². The molecule has 0 aliphatic carbocycles. The predicted molar refractivity (Wildman–Crippen MR) is 64.1 cm³/mol. The minimum atomic E-state index is -0.438. The van der Waals surface area contributed by atoms with E-state index in [4.69, 9.17) is 0 Å². The fourth-order valence-corrected chi connectivity index (χ4v) is 2.22. The SMILES string of the molecule is Cc1cc(C)c(O)c(C(=O)N2CC[C@@H](O)C2)c1. The van der Waals surface area contributed by atoms with Crippen molar-refractivity contribution in [3.8, 4) is 5.75 Å². The van der Waals surface area contributed by atoms with Crippen LogP contribution in [0.1, 0.15) is 27.9 Å². The van der Waals surface area contributed by atoms with Crippen molar-refractivity contribution in [1.82, 2.24) is 4.90 Å². The summed E-state index contributed by atoms with van der Waals surface area (Å²) in [5, 5.41) is 19.3. The van der Waals surface area contributed by atoms with Gasteiger partial charge < -0.3 is 15.1 Å². The van der Waals surface area contributed by atoms with Crippen molar-refractivity contribution in [3.63, 3.8) is 0 Å². The van der Waals surface area contributed by atoms with Crippen LogP contribution < -0.4 is 0 Å². The summed E-state index contributed by atoms with van der Waals surface area (Å²) in [6, 6.07) is 3.53. The zero-order chi connectivity index (χ0) is 12.6. The van der Waals surface area contributed by atoms with Crippen LogP contribution in [0, 0.1) is 13.8 Å². The summed E-state index contributed by atoms with van der Waals surface area (Å²) in [6.07, 6.45) is 0.170. The van der Waals surface area contributed by atoms with Crippen molar-refractivity contribution in [2.45, 2.75) is 26.4 Å². The first-order chi connectivity index (χ1) is 7.99. The number of aliphatic hydroxyl groups excluding tert-OH is 1. The van der Waals surface area contributed by atoms with Crippen molar-refractivity contribution in [2.24, 2.45) is 0 Å². The number of nitrogens with zero attached hydrogens (tertiary/aromatic N) is 1. The van der Waals surface area contributed by atoms with Gasteiger partial charge in [0.1, 0.15) is 5.75 Å². The van der Waals surface area contributed by atoms with Gasteiger partial charge in [-0.25, -0.2) is 0 Å². The summed E-state index contributed by atoms with van der Waals surface area (Å²) in [7, 11) is 0. The molecule has 1 atom stereocenters. The number of phenolic OH excluding ortho intramolecular Hbond substituents is 1. The number of aromatic hydroxyl groups is 1. The molecule has 1 amide bonds. The van der Waals surface area contributed by atoms with Gasteiger partial charge in [0.2, 0.25) is 0 Å². The van der Waals surface area contributed by atoms with E-state index in [1.54, 1.807) is 17.9 Å². The Morgan fingerprint density at radius 3 is 2.71 bits per heavy atom. The number of likely N-dealkylation sites (tertiary alicyclic amines) is 1. The topological polar surface area (TPSA) is 60.8 Å². The number of amides is 1. The van der Waals surface area contributed by atoms with Gasteiger partial charge in [0.05, 0.1) is 11.7 Å². The Balaban J connectivity index is 2.31.